The number of ketones is 1. The molecule has 1 heterocycles. The van der Waals surface area contributed by atoms with E-state index in [1.165, 1.54) is 19.1 Å². The lowest BCUT2D eigenvalue weighted by molar-refractivity contribution is -0.145. The number of ether oxygens (including phenoxy) is 2. The van der Waals surface area contributed by atoms with Gasteiger partial charge in [-0.15, -0.1) is 0 Å². The van der Waals surface area contributed by atoms with Gasteiger partial charge in [-0.25, -0.2) is 4.79 Å². The smallest absolute Gasteiger partial charge is 0.338 e. The number of benzene rings is 2. The Bertz CT molecular complexity index is 1280. The molecule has 1 aliphatic rings. The third kappa shape index (κ3) is 15.9. The van der Waals surface area contributed by atoms with Gasteiger partial charge in [0.1, 0.15) is 30.0 Å². The van der Waals surface area contributed by atoms with E-state index in [1.54, 1.807) is 51.1 Å². The number of aldehydes is 1. The molecule has 42 heavy (non-hydrogen) atoms. The fourth-order valence-electron chi connectivity index (χ4n) is 3.14. The van der Waals surface area contributed by atoms with Crippen molar-refractivity contribution < 1.29 is 38.9 Å². The van der Waals surface area contributed by atoms with E-state index in [0.717, 1.165) is 5.56 Å². The van der Waals surface area contributed by atoms with Crippen LogP contribution in [-0.4, -0.2) is 57.7 Å². The first kappa shape index (κ1) is 37.4. The van der Waals surface area contributed by atoms with E-state index >= 15 is 0 Å². The van der Waals surface area contributed by atoms with Crippen molar-refractivity contribution in [2.24, 2.45) is 11.5 Å². The summed E-state index contributed by atoms with van der Waals surface area (Å²) >= 11 is 9.22. The third-order valence-electron chi connectivity index (χ3n) is 4.67. The molecule has 2 aromatic rings. The van der Waals surface area contributed by atoms with Gasteiger partial charge in [-0.2, -0.15) is 0 Å². The van der Waals surface area contributed by atoms with Crippen LogP contribution in [0.1, 0.15) is 56.1 Å². The average Bonchev–Trinajstić information content (AvgIpc) is 2.88. The number of phenols is 2. The fraction of sp³-hybridized carbons (Fsp3) is 0.286. The van der Waals surface area contributed by atoms with Gasteiger partial charge in [-0.05, 0) is 82.0 Å². The minimum Gasteiger partial charge on any atom is -0.508 e. The van der Waals surface area contributed by atoms with Crippen LogP contribution in [0.3, 0.4) is 0 Å². The molecule has 0 amide bonds. The Kier molecular flexibility index (Phi) is 18.1. The zero-order valence-corrected chi connectivity index (χ0v) is 25.3. The first-order valence-corrected chi connectivity index (χ1v) is 13.3. The molecule has 0 bridgehead atoms. The molecule has 12 nitrogen and oxygen atoms in total. The Hall–Kier alpha value is -4.56. The van der Waals surface area contributed by atoms with E-state index in [4.69, 9.17) is 22.1 Å². The lowest BCUT2D eigenvalue weighted by atomic mass is 9.95. The van der Waals surface area contributed by atoms with Crippen molar-refractivity contribution in [2.75, 3.05) is 13.2 Å². The molecule has 1 atom stereocenters. The summed E-state index contributed by atoms with van der Waals surface area (Å²) < 4.78 is 9.58. The van der Waals surface area contributed by atoms with Crippen LogP contribution in [-0.2, 0) is 23.9 Å². The number of nitrogens with one attached hydrogen (secondary N) is 2. The van der Waals surface area contributed by atoms with E-state index in [1.807, 2.05) is 6.07 Å². The first-order chi connectivity index (χ1) is 19.7. The largest absolute Gasteiger partial charge is 0.508 e. The van der Waals surface area contributed by atoms with Crippen LogP contribution in [0.25, 0.3) is 0 Å². The number of carbonyl (C=O) groups is 4. The van der Waals surface area contributed by atoms with Gasteiger partial charge >= 0.3 is 11.9 Å². The summed E-state index contributed by atoms with van der Waals surface area (Å²) in [5, 5.41) is 24.8. The lowest BCUT2D eigenvalue weighted by Crippen LogP contribution is -2.45. The molecule has 0 saturated heterocycles. The second-order valence-corrected chi connectivity index (χ2v) is 9.06. The number of hydrogen-bond acceptors (Lipinski definition) is 10. The highest BCUT2D eigenvalue weighted by atomic mass is 32.1. The molecule has 0 spiro atoms. The van der Waals surface area contributed by atoms with Gasteiger partial charge in [-0.3, -0.25) is 14.4 Å². The quantitative estimate of drug-likeness (QED) is 0.114. The summed E-state index contributed by atoms with van der Waals surface area (Å²) in [5.41, 5.74) is 11.6. The van der Waals surface area contributed by atoms with Crippen molar-refractivity contribution >= 4 is 58.7 Å². The highest BCUT2D eigenvalue weighted by molar-refractivity contribution is 7.80. The maximum absolute atomic E-state index is 12.1. The van der Waals surface area contributed by atoms with Gasteiger partial charge in [0, 0.05) is 11.3 Å². The summed E-state index contributed by atoms with van der Waals surface area (Å²) in [6.45, 7) is 7.23. The van der Waals surface area contributed by atoms with Crippen molar-refractivity contribution in [3.8, 4) is 11.5 Å². The Labute approximate surface area is 255 Å². The maximum Gasteiger partial charge on any atom is 0.338 e. The lowest BCUT2D eigenvalue weighted by Gasteiger charge is -2.29. The molecule has 0 aliphatic carbocycles. The zero-order chi connectivity index (χ0) is 32.2. The number of esters is 2. The molecule has 0 aromatic heterocycles. The molecule has 2 aromatic carbocycles. The molecule has 0 radical (unpaired) electrons. The van der Waals surface area contributed by atoms with Crippen LogP contribution in [0.5, 0.6) is 11.5 Å². The molecule has 0 saturated carbocycles. The van der Waals surface area contributed by atoms with Gasteiger partial charge in [0.05, 0.1) is 24.8 Å². The fourth-order valence-corrected chi connectivity index (χ4v) is 3.41. The van der Waals surface area contributed by atoms with Crippen LogP contribution in [0.15, 0.2) is 59.8 Å². The normalized spacial score (nSPS) is 13.0. The number of rotatable bonds is 7. The summed E-state index contributed by atoms with van der Waals surface area (Å²) in [6.07, 6.45) is 0.591. The Balaban J connectivity index is 0.000000635. The standard InChI is InChI=1S/C14H16N2O3S.C7H6O2.C6H10O3.CH4N2S/c1-3-19-13(18)11-8(2)15-14(20)16-12(11)9-5-4-6-10(17)7-9;8-5-6-2-1-3-7(9)4-6;1-3-9-6(8)4-5(2)7;2-1(3)4/h4-7,12,17H,3H2,1-2H3,(H2,15,16,20);1-5,9H;3-4H2,1-2H3;(H4,2,3,4). The molecule has 228 valence electrons. The van der Waals surface area contributed by atoms with Crippen LogP contribution < -0.4 is 22.1 Å². The van der Waals surface area contributed by atoms with E-state index in [0.29, 0.717) is 41.4 Å². The topological polar surface area (TPSA) is 203 Å². The van der Waals surface area contributed by atoms with Gasteiger partial charge in [-0.1, -0.05) is 24.3 Å². The highest BCUT2D eigenvalue weighted by Crippen LogP contribution is 2.29. The number of Topliss-reactive ketones (excluding diaryl/α,β-unsaturated/α-hetero) is 1. The predicted molar refractivity (Wildman–Crippen MR) is 165 cm³/mol. The predicted octanol–water partition coefficient (Wildman–Crippen LogP) is 2.67. The molecule has 8 N–H and O–H groups in total. The Morgan fingerprint density at radius 1 is 1.00 bits per heavy atom. The second kappa shape index (κ2) is 20.3. The molecule has 0 fully saturated rings. The molecular formula is C28H36N4O8S2. The summed E-state index contributed by atoms with van der Waals surface area (Å²) in [4.78, 5) is 42.8. The summed E-state index contributed by atoms with van der Waals surface area (Å²) in [5.74, 6) is -0.742. The van der Waals surface area contributed by atoms with Crippen molar-refractivity contribution in [3.63, 3.8) is 0 Å². The minimum atomic E-state index is -0.440. The van der Waals surface area contributed by atoms with Gasteiger partial charge in [0.25, 0.3) is 0 Å². The molecule has 14 heteroatoms. The number of allylic oxidation sites excluding steroid dienone is 1. The van der Waals surface area contributed by atoms with Crippen molar-refractivity contribution in [3.05, 3.63) is 70.9 Å². The monoisotopic (exact) mass is 620 g/mol. The summed E-state index contributed by atoms with van der Waals surface area (Å²) in [6, 6.07) is 12.5. The molecule has 3 rings (SSSR count). The number of aromatic hydroxyl groups is 2. The average molecular weight is 621 g/mol. The number of thiocarbonyl (C=S) groups is 2. The number of nitrogens with two attached hydrogens (primary N) is 2. The Morgan fingerprint density at radius 2 is 1.55 bits per heavy atom. The van der Waals surface area contributed by atoms with Gasteiger partial charge < -0.3 is 41.8 Å². The van der Waals surface area contributed by atoms with Crippen LogP contribution in [0.4, 0.5) is 0 Å². The number of carbonyl (C=O) groups excluding carboxylic acids is 4. The molecule has 1 unspecified atom stereocenters. The van der Waals surface area contributed by atoms with E-state index in [2.05, 4.69) is 39.1 Å². The number of phenolic OH excluding ortho intramolecular Hbond substituents is 2. The number of hydrogen-bond donors (Lipinski definition) is 6. The molecule has 1 aliphatic heterocycles. The van der Waals surface area contributed by atoms with Crippen molar-refractivity contribution in [2.45, 2.75) is 40.2 Å². The van der Waals surface area contributed by atoms with E-state index in [9.17, 15) is 24.3 Å². The van der Waals surface area contributed by atoms with Crippen molar-refractivity contribution in [1.82, 2.24) is 10.6 Å². The van der Waals surface area contributed by atoms with E-state index in [-0.39, 0.29) is 28.8 Å². The minimum absolute atomic E-state index is 0.000000000000000222. The van der Waals surface area contributed by atoms with Gasteiger partial charge in [0.15, 0.2) is 10.2 Å². The SMILES string of the molecule is CCOC(=O)C1=C(C)NC(=S)NC1c1cccc(O)c1.CCOC(=O)CC(C)=O.NC(N)=S.O=Cc1cccc(O)c1. The van der Waals surface area contributed by atoms with Crippen LogP contribution in [0, 0.1) is 0 Å². The first-order valence-electron chi connectivity index (χ1n) is 12.4. The van der Waals surface area contributed by atoms with Crippen molar-refractivity contribution in [1.29, 1.82) is 0 Å². The van der Waals surface area contributed by atoms with Crippen LogP contribution in [0.2, 0.25) is 0 Å². The van der Waals surface area contributed by atoms with E-state index < -0.39 is 18.0 Å². The second-order valence-electron chi connectivity index (χ2n) is 8.18. The third-order valence-corrected chi connectivity index (χ3v) is 4.89. The zero-order valence-electron chi connectivity index (χ0n) is 23.7. The van der Waals surface area contributed by atoms with Gasteiger partial charge in [0.2, 0.25) is 0 Å². The molecular weight excluding hydrogens is 584 g/mol. The van der Waals surface area contributed by atoms with Crippen LogP contribution >= 0.6 is 24.4 Å². The highest BCUT2D eigenvalue weighted by Gasteiger charge is 2.30. The maximum atomic E-state index is 12.1. The Morgan fingerprint density at radius 3 is 2.00 bits per heavy atom. The summed E-state index contributed by atoms with van der Waals surface area (Å²) in [7, 11) is 0.